The molecule has 0 saturated carbocycles. The highest BCUT2D eigenvalue weighted by Crippen LogP contribution is 2.66. The summed E-state index contributed by atoms with van der Waals surface area (Å²) in [7, 11) is -14.7. The van der Waals surface area contributed by atoms with E-state index in [1.165, 1.54) is 10.8 Å². The van der Waals surface area contributed by atoms with Crippen molar-refractivity contribution in [3.8, 4) is 0 Å². The van der Waals surface area contributed by atoms with E-state index in [2.05, 4.69) is 23.4 Å². The van der Waals surface area contributed by atoms with Gasteiger partial charge in [-0.2, -0.15) is 13.6 Å². The predicted molar refractivity (Wildman–Crippen MR) is 91.0 cm³/mol. The van der Waals surface area contributed by atoms with Crippen molar-refractivity contribution in [3.05, 3.63) is 22.7 Å². The van der Waals surface area contributed by atoms with Gasteiger partial charge in [0.15, 0.2) is 0 Å². The smallest absolute Gasteiger partial charge is 0.373 e. The van der Waals surface area contributed by atoms with Gasteiger partial charge in [-0.1, -0.05) is 0 Å². The Morgan fingerprint density at radius 3 is 2.46 bits per heavy atom. The number of aromatic nitrogens is 2. The van der Waals surface area contributed by atoms with Gasteiger partial charge in [0, 0.05) is 13.2 Å². The van der Waals surface area contributed by atoms with Crippen molar-refractivity contribution in [3.63, 3.8) is 0 Å². The minimum atomic E-state index is -5.57. The molecule has 0 amide bonds. The fourth-order valence-electron chi connectivity index (χ4n) is 2.27. The Bertz CT molecular complexity index is 899. The van der Waals surface area contributed by atoms with Gasteiger partial charge < -0.3 is 29.6 Å². The maximum atomic E-state index is 11.9. The predicted octanol–water partition coefficient (Wildman–Crippen LogP) is 0.306. The number of nitrogens with zero attached hydrogens (tertiary/aromatic N) is 2. The van der Waals surface area contributed by atoms with Crippen LogP contribution < -0.4 is 11.0 Å². The third kappa shape index (κ3) is 7.14. The molecule has 1 fully saturated rings. The summed E-state index contributed by atoms with van der Waals surface area (Å²) in [6, 6.07) is 1.55. The molecule has 1 aromatic heterocycles. The molecule has 0 bridgehead atoms. The van der Waals surface area contributed by atoms with Crippen LogP contribution in [0, 0.1) is 0 Å². The number of anilines is 1. The number of phosphoric ester groups is 1. The van der Waals surface area contributed by atoms with E-state index in [9.17, 15) is 23.4 Å². The van der Waals surface area contributed by atoms with Crippen molar-refractivity contribution in [2.24, 2.45) is 0 Å². The van der Waals surface area contributed by atoms with Gasteiger partial charge in [-0.15, -0.1) is 0 Å². The molecule has 0 aromatic carbocycles. The van der Waals surface area contributed by atoms with E-state index >= 15 is 0 Å². The van der Waals surface area contributed by atoms with Gasteiger partial charge in [0.25, 0.3) is 0 Å². The second-order valence-corrected chi connectivity index (χ2v) is 9.85. The summed E-state index contributed by atoms with van der Waals surface area (Å²) in [5.74, 6) is 0.364. The number of hydrogen-bond acceptors (Lipinski definition) is 10. The topological polar surface area (TPSA) is 216 Å². The summed E-state index contributed by atoms with van der Waals surface area (Å²) in [5, 5.41) is 2.70. The average molecular weight is 465 g/mol. The van der Waals surface area contributed by atoms with Crippen molar-refractivity contribution < 1.29 is 51.2 Å². The van der Waals surface area contributed by atoms with E-state index in [1.54, 1.807) is 13.1 Å². The highest BCUT2D eigenvalue weighted by atomic mass is 31.3. The molecule has 15 nitrogen and oxygen atoms in total. The van der Waals surface area contributed by atoms with Gasteiger partial charge in [0.1, 0.15) is 12.0 Å². The first kappa shape index (κ1) is 23.3. The zero-order valence-electron chi connectivity index (χ0n) is 14.2. The van der Waals surface area contributed by atoms with E-state index in [0.29, 0.717) is 18.7 Å². The summed E-state index contributed by atoms with van der Waals surface area (Å²) < 4.78 is 51.9. The van der Waals surface area contributed by atoms with Crippen molar-refractivity contribution in [2.75, 3.05) is 19.0 Å². The maximum absolute atomic E-state index is 11.9. The summed E-state index contributed by atoms with van der Waals surface area (Å²) in [6.07, 6.45) is 0.633. The molecule has 28 heavy (non-hydrogen) atoms. The van der Waals surface area contributed by atoms with Gasteiger partial charge >= 0.3 is 29.2 Å². The molecule has 0 radical (unpaired) electrons. The second-order valence-electron chi connectivity index (χ2n) is 5.43. The molecule has 1 aliphatic rings. The molecule has 2 rings (SSSR count). The summed E-state index contributed by atoms with van der Waals surface area (Å²) in [5.41, 5.74) is -0.578. The van der Waals surface area contributed by atoms with Crippen LogP contribution in [0.5, 0.6) is 0 Å². The first-order valence-corrected chi connectivity index (χ1v) is 12.0. The van der Waals surface area contributed by atoms with Gasteiger partial charge in [0.2, 0.25) is 0 Å². The Hall–Kier alpha value is -0.950. The lowest BCUT2D eigenvalue weighted by Gasteiger charge is -2.18. The summed E-state index contributed by atoms with van der Waals surface area (Å²) >= 11 is 0. The summed E-state index contributed by atoms with van der Waals surface area (Å²) in [6.45, 7) is -0.572. The number of phosphoric acid groups is 3. The van der Waals surface area contributed by atoms with Crippen LogP contribution in [-0.2, 0) is 31.6 Å². The van der Waals surface area contributed by atoms with Gasteiger partial charge in [-0.25, -0.2) is 18.5 Å². The Morgan fingerprint density at radius 2 is 1.89 bits per heavy atom. The fraction of sp³-hybridized carbons (Fsp3) is 0.600. The highest BCUT2D eigenvalue weighted by molar-refractivity contribution is 7.66. The standard InChI is InChI=1S/C10H18N3O12P3/c1-11-8-4-5-13(10(14)12-8)9-3-2-7(23-9)6-22-27(18,19)25-28(20,21)24-26(15,16)17/h4-5,7,9H,2-3,6H2,1H3,(H,18,19)(H,20,21)(H,11,12,14)(H2,15,16,17). The van der Waals surface area contributed by atoms with E-state index < -0.39 is 48.1 Å². The monoisotopic (exact) mass is 465 g/mol. The first-order valence-electron chi connectivity index (χ1n) is 7.51. The second kappa shape index (κ2) is 8.82. The Balaban J connectivity index is 1.92. The number of nitrogens with one attached hydrogen (secondary N) is 1. The maximum Gasteiger partial charge on any atom is 0.490 e. The van der Waals surface area contributed by atoms with E-state index in [0.717, 1.165) is 0 Å². The molecule has 2 heterocycles. The Labute approximate surface area is 157 Å². The quantitative estimate of drug-likeness (QED) is 0.310. The van der Waals surface area contributed by atoms with Crippen LogP contribution in [0.1, 0.15) is 19.1 Å². The Morgan fingerprint density at radius 1 is 1.21 bits per heavy atom. The van der Waals surface area contributed by atoms with Gasteiger partial charge in [-0.3, -0.25) is 9.09 Å². The van der Waals surface area contributed by atoms with Gasteiger partial charge in [0.05, 0.1) is 12.7 Å². The van der Waals surface area contributed by atoms with Crippen molar-refractivity contribution in [1.82, 2.24) is 9.55 Å². The van der Waals surface area contributed by atoms with E-state index in [1.807, 2.05) is 0 Å². The van der Waals surface area contributed by atoms with Crippen LogP contribution >= 0.6 is 23.5 Å². The summed E-state index contributed by atoms with van der Waals surface area (Å²) in [4.78, 5) is 51.1. The van der Waals surface area contributed by atoms with Crippen molar-refractivity contribution in [2.45, 2.75) is 25.2 Å². The minimum Gasteiger partial charge on any atom is -0.373 e. The SMILES string of the molecule is CNc1ccn(C2CCC(COP(=O)(O)OP(=O)(O)OP(=O)(O)O)O2)c(=O)n1. The average Bonchev–Trinajstić information content (AvgIpc) is 2.98. The zero-order chi connectivity index (χ0) is 21.2. The van der Waals surface area contributed by atoms with Crippen LogP contribution in [-0.4, -0.2) is 48.9 Å². The molecule has 1 aliphatic heterocycles. The molecule has 160 valence electrons. The normalized spacial score (nSPS) is 24.5. The number of rotatable bonds is 9. The molecule has 0 aliphatic carbocycles. The third-order valence-electron chi connectivity index (χ3n) is 3.32. The molecule has 1 saturated heterocycles. The third-order valence-corrected chi connectivity index (χ3v) is 7.12. The number of ether oxygens (including phenoxy) is 1. The lowest BCUT2D eigenvalue weighted by atomic mass is 10.2. The van der Waals surface area contributed by atoms with Crippen LogP contribution in [0.2, 0.25) is 0 Å². The molecular weight excluding hydrogens is 447 g/mol. The molecule has 0 spiro atoms. The largest absolute Gasteiger partial charge is 0.490 e. The van der Waals surface area contributed by atoms with Crippen molar-refractivity contribution >= 4 is 29.3 Å². The molecule has 18 heteroatoms. The molecule has 5 N–H and O–H groups in total. The van der Waals surface area contributed by atoms with Crippen LogP contribution in [0.25, 0.3) is 0 Å². The highest BCUT2D eigenvalue weighted by Gasteiger charge is 2.41. The van der Waals surface area contributed by atoms with Crippen LogP contribution in [0.4, 0.5) is 5.82 Å². The molecular formula is C10H18N3O12P3. The Kier molecular flexibility index (Phi) is 7.35. The van der Waals surface area contributed by atoms with Gasteiger partial charge in [-0.05, 0) is 18.9 Å². The van der Waals surface area contributed by atoms with E-state index in [-0.39, 0.29) is 0 Å². The molecule has 4 atom stereocenters. The first-order chi connectivity index (χ1) is 12.8. The van der Waals surface area contributed by atoms with Crippen LogP contribution in [0.15, 0.2) is 17.1 Å². The number of hydrogen-bond donors (Lipinski definition) is 5. The molecule has 1 aromatic rings. The van der Waals surface area contributed by atoms with Crippen molar-refractivity contribution in [1.29, 1.82) is 0 Å². The lowest BCUT2D eigenvalue weighted by molar-refractivity contribution is -0.0242. The molecule has 4 unspecified atom stereocenters. The lowest BCUT2D eigenvalue weighted by Crippen LogP contribution is -2.27. The fourth-order valence-corrected chi connectivity index (χ4v) is 5.31. The van der Waals surface area contributed by atoms with E-state index in [4.69, 9.17) is 19.4 Å². The minimum absolute atomic E-state index is 0.306. The zero-order valence-corrected chi connectivity index (χ0v) is 16.9. The van der Waals surface area contributed by atoms with Crippen LogP contribution in [0.3, 0.4) is 0 Å².